The fourth-order valence-electron chi connectivity index (χ4n) is 2.71. The van der Waals surface area contributed by atoms with Gasteiger partial charge in [0.25, 0.3) is 0 Å². The first-order valence-corrected chi connectivity index (χ1v) is 7.07. The number of likely N-dealkylation sites (N-methyl/N-ethyl adjacent to an activating group) is 1. The van der Waals surface area contributed by atoms with Gasteiger partial charge in [-0.2, -0.15) is 0 Å². The Kier molecular flexibility index (Phi) is 6.37. The van der Waals surface area contributed by atoms with E-state index in [1.807, 2.05) is 0 Å². The fraction of sp³-hybridized carbons (Fsp3) is 1.00. The third-order valence-corrected chi connectivity index (χ3v) is 4.03. The smallest absolute Gasteiger partial charge is 0.0107 e. The molecule has 96 valence electrons. The van der Waals surface area contributed by atoms with E-state index in [-0.39, 0.29) is 0 Å². The summed E-state index contributed by atoms with van der Waals surface area (Å²) in [5.74, 6) is 1.01. The lowest BCUT2D eigenvalue weighted by molar-refractivity contribution is 0.163. The summed E-state index contributed by atoms with van der Waals surface area (Å²) in [4.78, 5) is 2.56. The minimum absolute atomic E-state index is 0.615. The zero-order valence-electron chi connectivity index (χ0n) is 11.6. The van der Waals surface area contributed by atoms with Crippen LogP contribution in [0.1, 0.15) is 52.9 Å². The molecule has 1 N–H and O–H groups in total. The van der Waals surface area contributed by atoms with Gasteiger partial charge in [-0.05, 0) is 38.6 Å². The highest BCUT2D eigenvalue weighted by Crippen LogP contribution is 2.28. The highest BCUT2D eigenvalue weighted by molar-refractivity contribution is 4.78. The Morgan fingerprint density at radius 3 is 2.31 bits per heavy atom. The number of nitrogens with one attached hydrogen (secondary N) is 1. The second-order valence-corrected chi connectivity index (χ2v) is 5.67. The summed E-state index contributed by atoms with van der Waals surface area (Å²) >= 11 is 0. The maximum atomic E-state index is 3.49. The standard InChI is InChI=1S/C14H30N2/c1-5-13-6-8-14(9-7-13)16(4)11-10-15-12(2)3/h12-15H,5-11H2,1-4H3. The Labute approximate surface area is 102 Å². The topological polar surface area (TPSA) is 15.3 Å². The molecule has 0 aromatic rings. The zero-order valence-corrected chi connectivity index (χ0v) is 11.6. The highest BCUT2D eigenvalue weighted by atomic mass is 15.1. The molecule has 0 saturated heterocycles. The van der Waals surface area contributed by atoms with E-state index < -0.39 is 0 Å². The number of hydrogen-bond acceptors (Lipinski definition) is 2. The number of hydrogen-bond donors (Lipinski definition) is 1. The van der Waals surface area contributed by atoms with E-state index in [1.165, 1.54) is 38.6 Å². The van der Waals surface area contributed by atoms with Gasteiger partial charge in [-0.3, -0.25) is 0 Å². The van der Waals surface area contributed by atoms with Gasteiger partial charge >= 0.3 is 0 Å². The van der Waals surface area contributed by atoms with Crippen molar-refractivity contribution in [1.82, 2.24) is 10.2 Å². The first-order chi connectivity index (χ1) is 7.63. The lowest BCUT2D eigenvalue weighted by Gasteiger charge is -2.34. The number of nitrogens with zero attached hydrogens (tertiary/aromatic N) is 1. The van der Waals surface area contributed by atoms with Gasteiger partial charge in [0.15, 0.2) is 0 Å². The minimum Gasteiger partial charge on any atom is -0.313 e. The van der Waals surface area contributed by atoms with Crippen LogP contribution < -0.4 is 5.32 Å². The molecule has 0 spiro atoms. The molecule has 0 bridgehead atoms. The quantitative estimate of drug-likeness (QED) is 0.749. The van der Waals surface area contributed by atoms with Crippen molar-refractivity contribution in [3.63, 3.8) is 0 Å². The lowest BCUT2D eigenvalue weighted by Crippen LogP contribution is -2.40. The van der Waals surface area contributed by atoms with E-state index in [0.717, 1.165) is 18.5 Å². The maximum absolute atomic E-state index is 3.49. The van der Waals surface area contributed by atoms with Gasteiger partial charge in [0.2, 0.25) is 0 Å². The van der Waals surface area contributed by atoms with Crippen LogP contribution in [-0.4, -0.2) is 37.1 Å². The van der Waals surface area contributed by atoms with Crippen LogP contribution >= 0.6 is 0 Å². The second-order valence-electron chi connectivity index (χ2n) is 5.67. The Bertz CT molecular complexity index is 172. The molecular formula is C14H30N2. The Hall–Kier alpha value is -0.0800. The fourth-order valence-corrected chi connectivity index (χ4v) is 2.71. The predicted octanol–water partition coefficient (Wildman–Crippen LogP) is 2.89. The summed E-state index contributed by atoms with van der Waals surface area (Å²) in [5, 5.41) is 3.49. The van der Waals surface area contributed by atoms with Gasteiger partial charge in [0, 0.05) is 25.2 Å². The molecule has 2 nitrogen and oxygen atoms in total. The molecule has 0 unspecified atom stereocenters. The third kappa shape index (κ3) is 4.84. The molecule has 1 rings (SSSR count). The van der Waals surface area contributed by atoms with Crippen molar-refractivity contribution in [1.29, 1.82) is 0 Å². The molecule has 1 aliphatic rings. The van der Waals surface area contributed by atoms with Crippen LogP contribution in [0.5, 0.6) is 0 Å². The predicted molar refractivity (Wildman–Crippen MR) is 71.8 cm³/mol. The van der Waals surface area contributed by atoms with Crippen LogP contribution in [0, 0.1) is 5.92 Å². The summed E-state index contributed by atoms with van der Waals surface area (Å²) in [7, 11) is 2.29. The molecule has 1 saturated carbocycles. The monoisotopic (exact) mass is 226 g/mol. The van der Waals surface area contributed by atoms with E-state index in [4.69, 9.17) is 0 Å². The normalized spacial score (nSPS) is 26.6. The second kappa shape index (κ2) is 7.29. The molecule has 1 aliphatic carbocycles. The first kappa shape index (κ1) is 14.0. The summed E-state index contributed by atoms with van der Waals surface area (Å²) < 4.78 is 0. The van der Waals surface area contributed by atoms with Crippen molar-refractivity contribution >= 4 is 0 Å². The molecule has 1 fully saturated rings. The summed E-state index contributed by atoms with van der Waals surface area (Å²) in [6.07, 6.45) is 7.10. The van der Waals surface area contributed by atoms with Gasteiger partial charge in [0.05, 0.1) is 0 Å². The number of rotatable bonds is 6. The van der Waals surface area contributed by atoms with Gasteiger partial charge in [-0.25, -0.2) is 0 Å². The van der Waals surface area contributed by atoms with Gasteiger partial charge in [-0.1, -0.05) is 27.2 Å². The third-order valence-electron chi connectivity index (χ3n) is 4.03. The molecule has 0 radical (unpaired) electrons. The Morgan fingerprint density at radius 2 is 1.81 bits per heavy atom. The highest BCUT2D eigenvalue weighted by Gasteiger charge is 2.22. The lowest BCUT2D eigenvalue weighted by atomic mass is 9.84. The van der Waals surface area contributed by atoms with Crippen LogP contribution in [-0.2, 0) is 0 Å². The maximum Gasteiger partial charge on any atom is 0.0107 e. The van der Waals surface area contributed by atoms with E-state index in [1.54, 1.807) is 0 Å². The summed E-state index contributed by atoms with van der Waals surface area (Å²) in [6, 6.07) is 1.46. The SMILES string of the molecule is CCC1CCC(N(C)CCNC(C)C)CC1. The average molecular weight is 226 g/mol. The molecule has 0 aromatic heterocycles. The van der Waals surface area contributed by atoms with Crippen molar-refractivity contribution in [2.75, 3.05) is 20.1 Å². The average Bonchev–Trinajstić information content (AvgIpc) is 2.28. The summed E-state index contributed by atoms with van der Waals surface area (Å²) in [6.45, 7) is 9.09. The Balaban J connectivity index is 2.15. The van der Waals surface area contributed by atoms with E-state index in [9.17, 15) is 0 Å². The van der Waals surface area contributed by atoms with Gasteiger partial charge in [-0.15, -0.1) is 0 Å². The van der Waals surface area contributed by atoms with Gasteiger partial charge < -0.3 is 10.2 Å². The van der Waals surface area contributed by atoms with Crippen LogP contribution in [0.4, 0.5) is 0 Å². The molecule has 0 aliphatic heterocycles. The first-order valence-electron chi connectivity index (χ1n) is 7.07. The van der Waals surface area contributed by atoms with Crippen LogP contribution in [0.25, 0.3) is 0 Å². The van der Waals surface area contributed by atoms with Crippen molar-refractivity contribution in [3.8, 4) is 0 Å². The molecule has 0 aromatic carbocycles. The molecule has 0 heterocycles. The van der Waals surface area contributed by atoms with Crippen LogP contribution in [0.15, 0.2) is 0 Å². The molecule has 16 heavy (non-hydrogen) atoms. The Morgan fingerprint density at radius 1 is 1.19 bits per heavy atom. The van der Waals surface area contributed by atoms with Crippen molar-refractivity contribution in [3.05, 3.63) is 0 Å². The largest absolute Gasteiger partial charge is 0.313 e. The van der Waals surface area contributed by atoms with Crippen molar-refractivity contribution in [2.24, 2.45) is 5.92 Å². The summed E-state index contributed by atoms with van der Waals surface area (Å²) in [5.41, 5.74) is 0. The van der Waals surface area contributed by atoms with E-state index in [0.29, 0.717) is 6.04 Å². The van der Waals surface area contributed by atoms with E-state index in [2.05, 4.69) is 38.0 Å². The van der Waals surface area contributed by atoms with Gasteiger partial charge in [0.1, 0.15) is 0 Å². The van der Waals surface area contributed by atoms with Crippen molar-refractivity contribution in [2.45, 2.75) is 65.0 Å². The molecular weight excluding hydrogens is 196 g/mol. The molecule has 0 atom stereocenters. The minimum atomic E-state index is 0.615. The van der Waals surface area contributed by atoms with Crippen molar-refractivity contribution < 1.29 is 0 Å². The zero-order chi connectivity index (χ0) is 12.0. The van der Waals surface area contributed by atoms with E-state index >= 15 is 0 Å². The molecule has 0 amide bonds. The van der Waals surface area contributed by atoms with Crippen LogP contribution in [0.2, 0.25) is 0 Å². The van der Waals surface area contributed by atoms with Crippen LogP contribution in [0.3, 0.4) is 0 Å². The molecule has 2 heteroatoms.